The number of hydrogen-bond acceptors (Lipinski definition) is 4. The van der Waals surface area contributed by atoms with Crippen LogP contribution < -0.4 is 0 Å². The van der Waals surface area contributed by atoms with E-state index < -0.39 is 0 Å². The molecule has 3 aromatic rings. The summed E-state index contributed by atoms with van der Waals surface area (Å²) in [7, 11) is 0. The van der Waals surface area contributed by atoms with Crippen molar-refractivity contribution in [2.75, 3.05) is 39.5 Å². The minimum Gasteiger partial charge on any atom is -0.395 e. The van der Waals surface area contributed by atoms with Crippen LogP contribution in [0.1, 0.15) is 24.1 Å². The van der Waals surface area contributed by atoms with Crippen LogP contribution in [0.15, 0.2) is 48.5 Å². The second-order valence-corrected chi connectivity index (χ2v) is 10.00. The Kier molecular flexibility index (Phi) is 5.51. The fraction of sp³-hybridized carbons (Fsp3) is 0.481. The Balaban J connectivity index is 1.18. The number of aliphatic hydroxyl groups is 1. The van der Waals surface area contributed by atoms with Crippen LogP contribution in [0.5, 0.6) is 0 Å². The van der Waals surface area contributed by atoms with E-state index in [1.165, 1.54) is 52.8 Å². The zero-order valence-corrected chi connectivity index (χ0v) is 18.7. The molecule has 5 nitrogen and oxygen atoms in total. The maximum atomic E-state index is 9.61. The monoisotopic (exact) mass is 431 g/mol. The van der Waals surface area contributed by atoms with Gasteiger partial charge in [0.15, 0.2) is 0 Å². The summed E-state index contributed by atoms with van der Waals surface area (Å²) in [5.41, 5.74) is 6.36. The number of ether oxygens (including phenoxy) is 1. The SMILES string of the molecule is OCC1CCCN1Cc1cc2cc(-c3cccc(CN4CC5COCC5C4)c3)ccc2[nH]1. The lowest BCUT2D eigenvalue weighted by Crippen LogP contribution is -2.31. The van der Waals surface area contributed by atoms with Crippen molar-refractivity contribution in [1.29, 1.82) is 0 Å². The molecule has 3 aliphatic rings. The second-order valence-electron chi connectivity index (χ2n) is 10.00. The molecule has 2 N–H and O–H groups in total. The molecule has 6 rings (SSSR count). The molecule has 0 spiro atoms. The van der Waals surface area contributed by atoms with Crippen molar-refractivity contribution >= 4 is 10.9 Å². The number of nitrogens with zero attached hydrogens (tertiary/aromatic N) is 2. The van der Waals surface area contributed by atoms with Gasteiger partial charge in [0, 0.05) is 60.7 Å². The molecule has 3 fully saturated rings. The maximum Gasteiger partial charge on any atom is 0.0587 e. The Labute approximate surface area is 190 Å². The predicted molar refractivity (Wildman–Crippen MR) is 127 cm³/mol. The van der Waals surface area contributed by atoms with E-state index in [4.69, 9.17) is 4.74 Å². The van der Waals surface area contributed by atoms with Crippen molar-refractivity contribution < 1.29 is 9.84 Å². The quantitative estimate of drug-likeness (QED) is 0.622. The summed E-state index contributed by atoms with van der Waals surface area (Å²) in [6.07, 6.45) is 2.28. The molecule has 0 amide bonds. The summed E-state index contributed by atoms with van der Waals surface area (Å²) in [5.74, 6) is 1.47. The summed E-state index contributed by atoms with van der Waals surface area (Å²) in [6, 6.07) is 18.4. The maximum absolute atomic E-state index is 9.61. The molecule has 0 radical (unpaired) electrons. The number of rotatable bonds is 6. The molecule has 5 heteroatoms. The van der Waals surface area contributed by atoms with Crippen molar-refractivity contribution in [3.63, 3.8) is 0 Å². The Hall–Kier alpha value is -2.18. The highest BCUT2D eigenvalue weighted by Crippen LogP contribution is 2.31. The largest absolute Gasteiger partial charge is 0.395 e. The van der Waals surface area contributed by atoms with Gasteiger partial charge < -0.3 is 14.8 Å². The third-order valence-electron chi connectivity index (χ3n) is 7.74. The Bertz CT molecular complexity index is 1080. The molecule has 4 heterocycles. The first-order valence-corrected chi connectivity index (χ1v) is 12.1. The van der Waals surface area contributed by atoms with Gasteiger partial charge in [0.25, 0.3) is 0 Å². The zero-order chi connectivity index (χ0) is 21.5. The fourth-order valence-electron chi connectivity index (χ4n) is 6.01. The van der Waals surface area contributed by atoms with Crippen molar-refractivity contribution in [1.82, 2.24) is 14.8 Å². The average molecular weight is 432 g/mol. The van der Waals surface area contributed by atoms with Crippen LogP contribution in [0.3, 0.4) is 0 Å². The van der Waals surface area contributed by atoms with E-state index in [2.05, 4.69) is 63.3 Å². The number of nitrogens with one attached hydrogen (secondary N) is 1. The van der Waals surface area contributed by atoms with Gasteiger partial charge in [0.2, 0.25) is 0 Å². The van der Waals surface area contributed by atoms with E-state index in [1.807, 2.05) is 0 Å². The van der Waals surface area contributed by atoms with Crippen LogP contribution >= 0.6 is 0 Å². The van der Waals surface area contributed by atoms with Crippen molar-refractivity contribution in [3.8, 4) is 11.1 Å². The Morgan fingerprint density at radius 1 is 0.969 bits per heavy atom. The molecule has 1 aromatic heterocycles. The summed E-state index contributed by atoms with van der Waals surface area (Å²) >= 11 is 0. The first-order valence-electron chi connectivity index (χ1n) is 12.1. The van der Waals surface area contributed by atoms with Gasteiger partial charge in [-0.2, -0.15) is 0 Å². The molecule has 3 atom stereocenters. The lowest BCUT2D eigenvalue weighted by molar-refractivity contribution is 0.152. The fourth-order valence-corrected chi connectivity index (χ4v) is 6.01. The summed E-state index contributed by atoms with van der Waals surface area (Å²) in [5, 5.41) is 10.9. The molecule has 2 aromatic carbocycles. The molecule has 3 saturated heterocycles. The van der Waals surface area contributed by atoms with Gasteiger partial charge in [0.05, 0.1) is 19.8 Å². The van der Waals surface area contributed by atoms with E-state index in [1.54, 1.807) is 0 Å². The molecule has 168 valence electrons. The second kappa shape index (κ2) is 8.64. The zero-order valence-electron chi connectivity index (χ0n) is 18.7. The summed E-state index contributed by atoms with van der Waals surface area (Å²) in [4.78, 5) is 8.57. The van der Waals surface area contributed by atoms with Crippen LogP contribution in [0, 0.1) is 11.8 Å². The number of aliphatic hydroxyl groups excluding tert-OH is 1. The summed E-state index contributed by atoms with van der Waals surface area (Å²) < 4.78 is 5.63. The first kappa shape index (κ1) is 20.4. The smallest absolute Gasteiger partial charge is 0.0587 e. The van der Waals surface area contributed by atoms with E-state index in [0.29, 0.717) is 6.04 Å². The topological polar surface area (TPSA) is 51.7 Å². The third kappa shape index (κ3) is 3.99. The third-order valence-corrected chi connectivity index (χ3v) is 7.74. The Morgan fingerprint density at radius 3 is 2.66 bits per heavy atom. The number of H-pyrrole nitrogens is 1. The highest BCUT2D eigenvalue weighted by Gasteiger charge is 2.36. The first-order chi connectivity index (χ1) is 15.7. The number of aromatic amines is 1. The van der Waals surface area contributed by atoms with Gasteiger partial charge in [-0.3, -0.25) is 9.80 Å². The van der Waals surface area contributed by atoms with Crippen LogP contribution in [-0.2, 0) is 17.8 Å². The lowest BCUT2D eigenvalue weighted by Gasteiger charge is -2.21. The van der Waals surface area contributed by atoms with Crippen LogP contribution in [-0.4, -0.2) is 65.4 Å². The number of hydrogen-bond donors (Lipinski definition) is 2. The van der Waals surface area contributed by atoms with Gasteiger partial charge in [-0.05, 0) is 60.3 Å². The predicted octanol–water partition coefficient (Wildman–Crippen LogP) is 3.87. The Morgan fingerprint density at radius 2 is 1.81 bits per heavy atom. The van der Waals surface area contributed by atoms with E-state index >= 15 is 0 Å². The standard InChI is InChI=1S/C27H33N3O2/c31-16-26-5-2-8-30(26)15-25-11-22-10-21(6-7-27(22)28-25)20-4-1-3-19(9-20)12-29-13-23-17-32-18-24(23)14-29/h1,3-4,6-7,9-11,23-24,26,28,31H,2,5,8,12-18H2. The lowest BCUT2D eigenvalue weighted by atomic mass is 10.0. The molecule has 0 aliphatic carbocycles. The number of fused-ring (bicyclic) bond motifs is 2. The van der Waals surface area contributed by atoms with Gasteiger partial charge in [-0.1, -0.05) is 24.3 Å². The number of aromatic nitrogens is 1. The summed E-state index contributed by atoms with van der Waals surface area (Å²) in [6.45, 7) is 7.46. The minimum atomic E-state index is 0.257. The van der Waals surface area contributed by atoms with Crippen molar-refractivity contribution in [3.05, 3.63) is 59.8 Å². The average Bonchev–Trinajstić information content (AvgIpc) is 3.57. The van der Waals surface area contributed by atoms with Crippen LogP contribution in [0.2, 0.25) is 0 Å². The van der Waals surface area contributed by atoms with Gasteiger partial charge in [-0.25, -0.2) is 0 Å². The molecule has 32 heavy (non-hydrogen) atoms. The van der Waals surface area contributed by atoms with Crippen molar-refractivity contribution in [2.45, 2.75) is 32.0 Å². The van der Waals surface area contributed by atoms with E-state index in [-0.39, 0.29) is 6.61 Å². The van der Waals surface area contributed by atoms with Gasteiger partial charge in [-0.15, -0.1) is 0 Å². The van der Waals surface area contributed by atoms with Gasteiger partial charge in [0.1, 0.15) is 0 Å². The molecule has 0 bridgehead atoms. The molecule has 3 aliphatic heterocycles. The van der Waals surface area contributed by atoms with Gasteiger partial charge >= 0.3 is 0 Å². The normalized spacial score (nSPS) is 26.3. The van der Waals surface area contributed by atoms with Crippen molar-refractivity contribution in [2.24, 2.45) is 11.8 Å². The molecule has 0 saturated carbocycles. The van der Waals surface area contributed by atoms with Crippen LogP contribution in [0.25, 0.3) is 22.0 Å². The molecular formula is C27H33N3O2. The highest BCUT2D eigenvalue weighted by atomic mass is 16.5. The van der Waals surface area contributed by atoms with Crippen LogP contribution in [0.4, 0.5) is 0 Å². The number of benzene rings is 2. The van der Waals surface area contributed by atoms with E-state index in [0.717, 1.165) is 51.1 Å². The number of likely N-dealkylation sites (tertiary alicyclic amines) is 2. The molecular weight excluding hydrogens is 398 g/mol. The van der Waals surface area contributed by atoms with E-state index in [9.17, 15) is 5.11 Å². The highest BCUT2D eigenvalue weighted by molar-refractivity contribution is 5.86. The molecule has 3 unspecified atom stereocenters. The minimum absolute atomic E-state index is 0.257.